The summed E-state index contributed by atoms with van der Waals surface area (Å²) < 4.78 is 3.02. The van der Waals surface area contributed by atoms with Gasteiger partial charge in [0.2, 0.25) is 0 Å². The first-order chi connectivity index (χ1) is 7.33. The number of hydrogen-bond acceptors (Lipinski definition) is 2. The van der Waals surface area contributed by atoms with Gasteiger partial charge in [-0.25, -0.2) is 4.98 Å². The quantitative estimate of drug-likeness (QED) is 0.864. The Morgan fingerprint density at radius 3 is 3.13 bits per heavy atom. The standard InChI is InChI=1S/C11H14BrN3/c1-2-6-13-8-10-14-11(12)9-5-3-4-7-15(9)10/h3-5,7,13H,2,6,8H2,1H3. The number of halogens is 1. The van der Waals surface area contributed by atoms with Crippen molar-refractivity contribution < 1.29 is 0 Å². The maximum absolute atomic E-state index is 4.48. The second kappa shape index (κ2) is 4.77. The zero-order valence-corrected chi connectivity index (χ0v) is 10.3. The van der Waals surface area contributed by atoms with E-state index in [0.29, 0.717) is 0 Å². The highest BCUT2D eigenvalue weighted by atomic mass is 79.9. The molecular weight excluding hydrogens is 254 g/mol. The third-order valence-corrected chi connectivity index (χ3v) is 2.87. The summed E-state index contributed by atoms with van der Waals surface area (Å²) in [4.78, 5) is 4.48. The molecular formula is C11H14BrN3. The number of fused-ring (bicyclic) bond motifs is 1. The van der Waals surface area contributed by atoms with E-state index in [1.807, 2.05) is 18.3 Å². The van der Waals surface area contributed by atoms with Crippen molar-refractivity contribution in [2.45, 2.75) is 19.9 Å². The fourth-order valence-corrected chi connectivity index (χ4v) is 2.09. The van der Waals surface area contributed by atoms with E-state index in [1.165, 1.54) is 0 Å². The van der Waals surface area contributed by atoms with E-state index in [1.54, 1.807) is 0 Å². The third kappa shape index (κ3) is 2.21. The molecule has 2 aromatic heterocycles. The smallest absolute Gasteiger partial charge is 0.132 e. The third-order valence-electron chi connectivity index (χ3n) is 2.29. The number of nitrogens with zero attached hydrogens (tertiary/aromatic N) is 2. The number of hydrogen-bond donors (Lipinski definition) is 1. The number of rotatable bonds is 4. The van der Waals surface area contributed by atoms with Gasteiger partial charge in [-0.2, -0.15) is 0 Å². The highest BCUT2D eigenvalue weighted by molar-refractivity contribution is 9.10. The predicted octanol–water partition coefficient (Wildman–Crippen LogP) is 2.60. The summed E-state index contributed by atoms with van der Waals surface area (Å²) in [5.74, 6) is 1.05. The van der Waals surface area contributed by atoms with Crippen molar-refractivity contribution in [3.63, 3.8) is 0 Å². The van der Waals surface area contributed by atoms with Crippen LogP contribution in [0.4, 0.5) is 0 Å². The van der Waals surface area contributed by atoms with E-state index < -0.39 is 0 Å². The first-order valence-corrected chi connectivity index (χ1v) is 5.94. The van der Waals surface area contributed by atoms with Gasteiger partial charge in [-0.15, -0.1) is 0 Å². The maximum Gasteiger partial charge on any atom is 0.132 e. The van der Waals surface area contributed by atoms with Gasteiger partial charge in [-0.05, 0) is 41.0 Å². The maximum atomic E-state index is 4.48. The van der Waals surface area contributed by atoms with Crippen molar-refractivity contribution in [1.29, 1.82) is 0 Å². The Hall–Kier alpha value is -0.870. The molecule has 0 saturated carbocycles. The van der Waals surface area contributed by atoms with E-state index >= 15 is 0 Å². The Balaban J connectivity index is 2.27. The number of pyridine rings is 1. The van der Waals surface area contributed by atoms with Crippen LogP contribution in [0.1, 0.15) is 19.2 Å². The summed E-state index contributed by atoms with van der Waals surface area (Å²) >= 11 is 3.47. The number of nitrogens with one attached hydrogen (secondary N) is 1. The van der Waals surface area contributed by atoms with E-state index in [0.717, 1.165) is 35.5 Å². The summed E-state index contributed by atoms with van der Waals surface area (Å²) in [7, 11) is 0. The zero-order valence-electron chi connectivity index (χ0n) is 8.70. The molecule has 0 fully saturated rings. The first kappa shape index (κ1) is 10.6. The molecule has 1 N–H and O–H groups in total. The molecule has 0 aromatic carbocycles. The molecule has 0 aliphatic rings. The molecule has 2 heterocycles. The Kier molecular flexibility index (Phi) is 3.38. The van der Waals surface area contributed by atoms with E-state index in [9.17, 15) is 0 Å². The summed E-state index contributed by atoms with van der Waals surface area (Å²) in [5, 5.41) is 3.35. The van der Waals surface area contributed by atoms with E-state index in [-0.39, 0.29) is 0 Å². The lowest BCUT2D eigenvalue weighted by Crippen LogP contribution is -2.15. The van der Waals surface area contributed by atoms with Crippen LogP contribution in [0.5, 0.6) is 0 Å². The second-order valence-electron chi connectivity index (χ2n) is 3.45. The Labute approximate surface area is 97.6 Å². The highest BCUT2D eigenvalue weighted by Gasteiger charge is 2.06. The molecule has 15 heavy (non-hydrogen) atoms. The Morgan fingerprint density at radius 1 is 1.47 bits per heavy atom. The minimum absolute atomic E-state index is 0.810. The fraction of sp³-hybridized carbons (Fsp3) is 0.364. The van der Waals surface area contributed by atoms with Crippen LogP contribution < -0.4 is 5.32 Å². The summed E-state index contributed by atoms with van der Waals surface area (Å²) in [6, 6.07) is 6.09. The Bertz CT molecular complexity index is 450. The second-order valence-corrected chi connectivity index (χ2v) is 4.20. The van der Waals surface area contributed by atoms with Crippen LogP contribution in [0.15, 0.2) is 29.0 Å². The van der Waals surface area contributed by atoms with Crippen LogP contribution in [0.2, 0.25) is 0 Å². The van der Waals surface area contributed by atoms with Crippen molar-refractivity contribution in [2.75, 3.05) is 6.54 Å². The largest absolute Gasteiger partial charge is 0.310 e. The van der Waals surface area contributed by atoms with Gasteiger partial charge in [0.05, 0.1) is 12.1 Å². The van der Waals surface area contributed by atoms with Crippen LogP contribution in [-0.4, -0.2) is 15.9 Å². The minimum Gasteiger partial charge on any atom is -0.310 e. The topological polar surface area (TPSA) is 29.3 Å². The zero-order chi connectivity index (χ0) is 10.7. The normalized spacial score (nSPS) is 11.1. The molecule has 0 radical (unpaired) electrons. The van der Waals surface area contributed by atoms with Crippen LogP contribution in [-0.2, 0) is 6.54 Å². The van der Waals surface area contributed by atoms with Gasteiger partial charge in [0.15, 0.2) is 0 Å². The molecule has 4 heteroatoms. The molecule has 0 amide bonds. The SMILES string of the molecule is CCCNCc1nc(Br)c2ccccn12. The highest BCUT2D eigenvalue weighted by Crippen LogP contribution is 2.18. The van der Waals surface area contributed by atoms with Crippen molar-refractivity contribution in [1.82, 2.24) is 14.7 Å². The van der Waals surface area contributed by atoms with Crippen LogP contribution in [0, 0.1) is 0 Å². The van der Waals surface area contributed by atoms with Crippen LogP contribution in [0.25, 0.3) is 5.52 Å². The lowest BCUT2D eigenvalue weighted by molar-refractivity contribution is 0.648. The van der Waals surface area contributed by atoms with Gasteiger partial charge in [-0.1, -0.05) is 13.0 Å². The van der Waals surface area contributed by atoms with E-state index in [2.05, 4.69) is 43.6 Å². The molecule has 0 saturated heterocycles. The monoisotopic (exact) mass is 267 g/mol. The fourth-order valence-electron chi connectivity index (χ4n) is 1.56. The van der Waals surface area contributed by atoms with Gasteiger partial charge in [0.25, 0.3) is 0 Å². The molecule has 0 unspecified atom stereocenters. The minimum atomic E-state index is 0.810. The number of aromatic nitrogens is 2. The van der Waals surface area contributed by atoms with Crippen molar-refractivity contribution >= 4 is 21.4 Å². The predicted molar refractivity (Wildman–Crippen MR) is 64.9 cm³/mol. The molecule has 80 valence electrons. The van der Waals surface area contributed by atoms with E-state index in [4.69, 9.17) is 0 Å². The Morgan fingerprint density at radius 2 is 2.33 bits per heavy atom. The first-order valence-electron chi connectivity index (χ1n) is 5.15. The lowest BCUT2D eigenvalue weighted by atomic mass is 10.4. The van der Waals surface area contributed by atoms with Gasteiger partial charge < -0.3 is 9.72 Å². The molecule has 2 rings (SSSR count). The van der Waals surface area contributed by atoms with Crippen molar-refractivity contribution in [2.24, 2.45) is 0 Å². The molecule has 0 aliphatic heterocycles. The molecule has 0 aliphatic carbocycles. The average molecular weight is 268 g/mol. The lowest BCUT2D eigenvalue weighted by Gasteiger charge is -2.01. The molecule has 0 atom stereocenters. The molecule has 0 bridgehead atoms. The summed E-state index contributed by atoms with van der Waals surface area (Å²) in [6.45, 7) is 4.00. The van der Waals surface area contributed by atoms with Crippen molar-refractivity contribution in [3.8, 4) is 0 Å². The van der Waals surface area contributed by atoms with Gasteiger partial charge in [0.1, 0.15) is 10.4 Å². The van der Waals surface area contributed by atoms with Crippen molar-refractivity contribution in [3.05, 3.63) is 34.8 Å². The van der Waals surface area contributed by atoms with Crippen LogP contribution >= 0.6 is 15.9 Å². The summed E-state index contributed by atoms with van der Waals surface area (Å²) in [6.07, 6.45) is 3.18. The van der Waals surface area contributed by atoms with Crippen LogP contribution in [0.3, 0.4) is 0 Å². The average Bonchev–Trinajstić information content (AvgIpc) is 2.58. The van der Waals surface area contributed by atoms with Gasteiger partial charge in [-0.3, -0.25) is 0 Å². The van der Waals surface area contributed by atoms with Gasteiger partial charge >= 0.3 is 0 Å². The molecule has 2 aromatic rings. The molecule has 0 spiro atoms. The molecule has 3 nitrogen and oxygen atoms in total. The summed E-state index contributed by atoms with van der Waals surface area (Å²) in [5.41, 5.74) is 1.12. The van der Waals surface area contributed by atoms with Gasteiger partial charge in [0, 0.05) is 6.20 Å². The number of imidazole rings is 1.